The first-order valence-corrected chi connectivity index (χ1v) is 5.78. The van der Waals surface area contributed by atoms with E-state index in [0.29, 0.717) is 6.54 Å². The zero-order valence-electron chi connectivity index (χ0n) is 9.82. The molecule has 1 fully saturated rings. The summed E-state index contributed by atoms with van der Waals surface area (Å²) in [5.41, 5.74) is 0. The van der Waals surface area contributed by atoms with E-state index in [0.717, 1.165) is 12.3 Å². The summed E-state index contributed by atoms with van der Waals surface area (Å²) in [7, 11) is 0. The SMILES string of the molecule is CC(C)C(NC(=O)NCCC1CC1)C(=O)O. The zero-order chi connectivity index (χ0) is 12.1. The highest BCUT2D eigenvalue weighted by Gasteiger charge is 2.24. The van der Waals surface area contributed by atoms with Gasteiger partial charge in [0.2, 0.25) is 0 Å². The molecule has 1 saturated carbocycles. The van der Waals surface area contributed by atoms with Crippen LogP contribution in [0.15, 0.2) is 0 Å². The molecule has 0 aromatic rings. The highest BCUT2D eigenvalue weighted by Crippen LogP contribution is 2.31. The van der Waals surface area contributed by atoms with Crippen molar-refractivity contribution in [2.45, 2.75) is 39.2 Å². The smallest absolute Gasteiger partial charge is 0.326 e. The van der Waals surface area contributed by atoms with Crippen LogP contribution in [0.25, 0.3) is 0 Å². The molecule has 2 amide bonds. The Hall–Kier alpha value is -1.26. The maximum absolute atomic E-state index is 11.4. The fourth-order valence-electron chi connectivity index (χ4n) is 1.50. The van der Waals surface area contributed by atoms with E-state index in [1.807, 2.05) is 0 Å². The molecule has 0 aliphatic heterocycles. The van der Waals surface area contributed by atoms with Gasteiger partial charge in [0.15, 0.2) is 0 Å². The van der Waals surface area contributed by atoms with Crippen molar-refractivity contribution in [2.24, 2.45) is 11.8 Å². The molecule has 3 N–H and O–H groups in total. The van der Waals surface area contributed by atoms with Crippen LogP contribution in [0.2, 0.25) is 0 Å². The van der Waals surface area contributed by atoms with Crippen LogP contribution in [0.3, 0.4) is 0 Å². The van der Waals surface area contributed by atoms with Crippen LogP contribution < -0.4 is 10.6 Å². The van der Waals surface area contributed by atoms with E-state index in [1.54, 1.807) is 13.8 Å². The zero-order valence-corrected chi connectivity index (χ0v) is 9.82. The van der Waals surface area contributed by atoms with Gasteiger partial charge in [0.1, 0.15) is 6.04 Å². The Labute approximate surface area is 95.6 Å². The summed E-state index contributed by atoms with van der Waals surface area (Å²) in [6, 6.07) is -1.21. The van der Waals surface area contributed by atoms with Crippen molar-refractivity contribution in [1.29, 1.82) is 0 Å². The molecule has 1 unspecified atom stereocenters. The van der Waals surface area contributed by atoms with E-state index >= 15 is 0 Å². The molecule has 1 aliphatic rings. The van der Waals surface area contributed by atoms with Gasteiger partial charge >= 0.3 is 12.0 Å². The van der Waals surface area contributed by atoms with Crippen LogP contribution in [-0.2, 0) is 4.79 Å². The van der Waals surface area contributed by atoms with Crippen molar-refractivity contribution in [3.05, 3.63) is 0 Å². The Morgan fingerprint density at radius 1 is 1.38 bits per heavy atom. The molecule has 1 atom stereocenters. The van der Waals surface area contributed by atoms with Crippen LogP contribution in [0.1, 0.15) is 33.1 Å². The molecule has 0 spiro atoms. The maximum Gasteiger partial charge on any atom is 0.326 e. The van der Waals surface area contributed by atoms with Gasteiger partial charge in [-0.15, -0.1) is 0 Å². The average molecular weight is 228 g/mol. The molecule has 0 bridgehead atoms. The molecular formula is C11H20N2O3. The first-order valence-electron chi connectivity index (χ1n) is 5.78. The van der Waals surface area contributed by atoms with E-state index < -0.39 is 12.0 Å². The van der Waals surface area contributed by atoms with Crippen molar-refractivity contribution >= 4 is 12.0 Å². The number of aliphatic carboxylic acids is 1. The molecule has 1 rings (SSSR count). The number of urea groups is 1. The molecule has 0 heterocycles. The molecule has 0 aromatic heterocycles. The van der Waals surface area contributed by atoms with E-state index in [1.165, 1.54) is 12.8 Å². The van der Waals surface area contributed by atoms with Crippen molar-refractivity contribution in [2.75, 3.05) is 6.54 Å². The van der Waals surface area contributed by atoms with Crippen LogP contribution in [0.4, 0.5) is 4.79 Å². The van der Waals surface area contributed by atoms with Gasteiger partial charge in [-0.2, -0.15) is 0 Å². The number of carbonyl (C=O) groups is 2. The van der Waals surface area contributed by atoms with Crippen molar-refractivity contribution in [3.8, 4) is 0 Å². The summed E-state index contributed by atoms with van der Waals surface area (Å²) in [5, 5.41) is 14.0. The predicted octanol–water partition coefficient (Wildman–Crippen LogP) is 1.19. The van der Waals surface area contributed by atoms with Gasteiger partial charge in [-0.05, 0) is 18.3 Å². The molecule has 1 aliphatic carbocycles. The summed E-state index contributed by atoms with van der Waals surface area (Å²) in [6.07, 6.45) is 3.51. The van der Waals surface area contributed by atoms with Gasteiger partial charge in [0.25, 0.3) is 0 Å². The number of carboxylic acid groups (broad SMARTS) is 1. The van der Waals surface area contributed by atoms with Crippen LogP contribution >= 0.6 is 0 Å². The first-order chi connectivity index (χ1) is 7.50. The lowest BCUT2D eigenvalue weighted by molar-refractivity contribution is -0.140. The number of hydrogen-bond acceptors (Lipinski definition) is 2. The second-order valence-corrected chi connectivity index (χ2v) is 4.69. The maximum atomic E-state index is 11.4. The lowest BCUT2D eigenvalue weighted by Crippen LogP contribution is -2.48. The summed E-state index contributed by atoms with van der Waals surface area (Å²) < 4.78 is 0. The fourth-order valence-corrected chi connectivity index (χ4v) is 1.50. The third kappa shape index (κ3) is 4.51. The van der Waals surface area contributed by atoms with Gasteiger partial charge in [-0.3, -0.25) is 0 Å². The van der Waals surface area contributed by atoms with Crippen molar-refractivity contribution < 1.29 is 14.7 Å². The minimum atomic E-state index is -0.993. The standard InChI is InChI=1S/C11H20N2O3/c1-7(2)9(10(14)15)13-11(16)12-6-5-8-3-4-8/h7-9H,3-6H2,1-2H3,(H,14,15)(H2,12,13,16). The molecule has 5 nitrogen and oxygen atoms in total. The summed E-state index contributed by atoms with van der Waals surface area (Å²) in [6.45, 7) is 4.16. The lowest BCUT2D eigenvalue weighted by Gasteiger charge is -2.18. The van der Waals surface area contributed by atoms with Crippen LogP contribution in [0.5, 0.6) is 0 Å². The Morgan fingerprint density at radius 3 is 2.44 bits per heavy atom. The summed E-state index contributed by atoms with van der Waals surface area (Å²) >= 11 is 0. The summed E-state index contributed by atoms with van der Waals surface area (Å²) in [4.78, 5) is 22.2. The van der Waals surface area contributed by atoms with E-state index in [2.05, 4.69) is 10.6 Å². The normalized spacial score (nSPS) is 16.9. The van der Waals surface area contributed by atoms with E-state index in [4.69, 9.17) is 5.11 Å². The Balaban J connectivity index is 2.21. The van der Waals surface area contributed by atoms with E-state index in [-0.39, 0.29) is 11.9 Å². The number of rotatable bonds is 6. The first kappa shape index (κ1) is 12.8. The minimum absolute atomic E-state index is 0.119. The highest BCUT2D eigenvalue weighted by atomic mass is 16.4. The number of hydrogen-bond donors (Lipinski definition) is 3. The number of amides is 2. The van der Waals surface area contributed by atoms with Gasteiger partial charge in [-0.25, -0.2) is 9.59 Å². The lowest BCUT2D eigenvalue weighted by atomic mass is 10.1. The third-order valence-corrected chi connectivity index (χ3v) is 2.75. The van der Waals surface area contributed by atoms with Gasteiger partial charge in [0.05, 0.1) is 0 Å². The van der Waals surface area contributed by atoms with Crippen LogP contribution in [0, 0.1) is 11.8 Å². The molecule has 5 heteroatoms. The Bertz CT molecular complexity index is 262. The minimum Gasteiger partial charge on any atom is -0.480 e. The second-order valence-electron chi connectivity index (χ2n) is 4.69. The fraction of sp³-hybridized carbons (Fsp3) is 0.818. The average Bonchev–Trinajstić information content (AvgIpc) is 2.97. The summed E-state index contributed by atoms with van der Waals surface area (Å²) in [5.74, 6) is -0.348. The molecule has 16 heavy (non-hydrogen) atoms. The molecule has 92 valence electrons. The third-order valence-electron chi connectivity index (χ3n) is 2.75. The van der Waals surface area contributed by atoms with Gasteiger partial charge in [-0.1, -0.05) is 26.7 Å². The highest BCUT2D eigenvalue weighted by molar-refractivity contribution is 5.82. The molecule has 0 radical (unpaired) electrons. The van der Waals surface area contributed by atoms with Crippen LogP contribution in [-0.4, -0.2) is 29.7 Å². The Kier molecular flexibility index (Phi) is 4.58. The topological polar surface area (TPSA) is 78.4 Å². The van der Waals surface area contributed by atoms with Gasteiger partial charge < -0.3 is 15.7 Å². The number of nitrogens with one attached hydrogen (secondary N) is 2. The second kappa shape index (κ2) is 5.72. The predicted molar refractivity (Wildman–Crippen MR) is 60.1 cm³/mol. The van der Waals surface area contributed by atoms with E-state index in [9.17, 15) is 9.59 Å². The quantitative estimate of drug-likeness (QED) is 0.639. The number of carboxylic acids is 1. The monoisotopic (exact) mass is 228 g/mol. The Morgan fingerprint density at radius 2 is 2.00 bits per heavy atom. The van der Waals surface area contributed by atoms with Gasteiger partial charge in [0, 0.05) is 6.54 Å². The largest absolute Gasteiger partial charge is 0.480 e. The molecular weight excluding hydrogens is 208 g/mol. The van der Waals surface area contributed by atoms with Crippen molar-refractivity contribution in [3.63, 3.8) is 0 Å². The number of carbonyl (C=O) groups excluding carboxylic acids is 1. The molecule has 0 aromatic carbocycles. The molecule has 0 saturated heterocycles. The van der Waals surface area contributed by atoms with Crippen molar-refractivity contribution in [1.82, 2.24) is 10.6 Å².